The van der Waals surface area contributed by atoms with Crippen molar-refractivity contribution in [2.24, 2.45) is 16.7 Å². The van der Waals surface area contributed by atoms with E-state index in [1.165, 1.54) is 30.4 Å². The highest BCUT2D eigenvalue weighted by Gasteiger charge is 2.59. The van der Waals surface area contributed by atoms with E-state index in [4.69, 9.17) is 0 Å². The standard InChI is InChI=1S/C12H24N/c1-11(2)10-6-7-12(11,3)9-13(4,5)8-10/h10H,6-9H2,1-5H3/q+1/t10-,12+/m0/s1. The van der Waals surface area contributed by atoms with Crippen LogP contribution in [-0.2, 0) is 0 Å². The molecule has 2 atom stereocenters. The highest BCUT2D eigenvalue weighted by molar-refractivity contribution is 5.02. The lowest BCUT2D eigenvalue weighted by Crippen LogP contribution is -2.59. The van der Waals surface area contributed by atoms with Gasteiger partial charge in [-0.15, -0.1) is 0 Å². The summed E-state index contributed by atoms with van der Waals surface area (Å²) in [6, 6.07) is 0. The summed E-state index contributed by atoms with van der Waals surface area (Å²) in [7, 11) is 4.79. The maximum Gasteiger partial charge on any atom is 0.0842 e. The van der Waals surface area contributed by atoms with E-state index in [0.29, 0.717) is 10.8 Å². The maximum absolute atomic E-state index is 2.51. The molecule has 2 fully saturated rings. The van der Waals surface area contributed by atoms with E-state index in [1.807, 2.05) is 0 Å². The highest BCUT2D eigenvalue weighted by Crippen LogP contribution is 2.59. The Morgan fingerprint density at radius 1 is 1.15 bits per heavy atom. The summed E-state index contributed by atoms with van der Waals surface area (Å²) in [6.07, 6.45) is 2.91. The van der Waals surface area contributed by atoms with Crippen LogP contribution in [0.5, 0.6) is 0 Å². The Hall–Kier alpha value is -0.0400. The van der Waals surface area contributed by atoms with E-state index in [1.54, 1.807) is 0 Å². The van der Waals surface area contributed by atoms with Gasteiger partial charge in [-0.2, -0.15) is 0 Å². The van der Waals surface area contributed by atoms with E-state index >= 15 is 0 Å². The molecule has 1 saturated heterocycles. The van der Waals surface area contributed by atoms with Gasteiger partial charge in [0.25, 0.3) is 0 Å². The van der Waals surface area contributed by atoms with Crippen molar-refractivity contribution in [2.75, 3.05) is 27.2 Å². The lowest BCUT2D eigenvalue weighted by Gasteiger charge is -2.52. The van der Waals surface area contributed by atoms with Crippen LogP contribution in [0, 0.1) is 16.7 Å². The lowest BCUT2D eigenvalue weighted by molar-refractivity contribution is -0.907. The van der Waals surface area contributed by atoms with E-state index < -0.39 is 0 Å². The Labute approximate surface area is 82.7 Å². The van der Waals surface area contributed by atoms with Gasteiger partial charge in [0.1, 0.15) is 0 Å². The largest absolute Gasteiger partial charge is 0.328 e. The summed E-state index contributed by atoms with van der Waals surface area (Å²) in [6.45, 7) is 10.2. The van der Waals surface area contributed by atoms with Gasteiger partial charge in [0.15, 0.2) is 0 Å². The minimum atomic E-state index is 0.584. The molecule has 2 rings (SSSR count). The smallest absolute Gasteiger partial charge is 0.0842 e. The number of rotatable bonds is 0. The first kappa shape index (κ1) is 9.51. The van der Waals surface area contributed by atoms with Crippen molar-refractivity contribution in [3.63, 3.8) is 0 Å². The van der Waals surface area contributed by atoms with Crippen LogP contribution in [0.1, 0.15) is 33.6 Å². The zero-order valence-corrected chi connectivity index (χ0v) is 9.85. The first-order valence-electron chi connectivity index (χ1n) is 5.59. The Kier molecular flexibility index (Phi) is 1.69. The summed E-state index contributed by atoms with van der Waals surface area (Å²) >= 11 is 0. The van der Waals surface area contributed by atoms with Crippen molar-refractivity contribution in [1.82, 2.24) is 0 Å². The molecule has 1 nitrogen and oxygen atoms in total. The van der Waals surface area contributed by atoms with Gasteiger partial charge in [-0.05, 0) is 18.3 Å². The lowest BCUT2D eigenvalue weighted by atomic mass is 9.63. The Morgan fingerprint density at radius 3 is 2.31 bits per heavy atom. The zero-order valence-electron chi connectivity index (χ0n) is 9.85. The van der Waals surface area contributed by atoms with Crippen LogP contribution < -0.4 is 0 Å². The van der Waals surface area contributed by atoms with Gasteiger partial charge < -0.3 is 4.48 Å². The number of fused-ring (bicyclic) bond motifs is 2. The molecule has 0 aromatic heterocycles. The number of nitrogens with zero attached hydrogens (tertiary/aromatic N) is 1. The normalized spacial score (nSPS) is 46.4. The monoisotopic (exact) mass is 182 g/mol. The number of quaternary nitrogens is 1. The molecule has 0 aromatic rings. The summed E-state index contributed by atoms with van der Waals surface area (Å²) in [4.78, 5) is 0. The molecular weight excluding hydrogens is 158 g/mol. The molecule has 0 unspecified atom stereocenters. The van der Waals surface area contributed by atoms with Gasteiger partial charge in [0, 0.05) is 11.3 Å². The summed E-state index contributed by atoms with van der Waals surface area (Å²) in [5.41, 5.74) is 1.18. The first-order chi connectivity index (χ1) is 5.77. The van der Waals surface area contributed by atoms with E-state index in [9.17, 15) is 0 Å². The molecule has 76 valence electrons. The number of piperidine rings is 1. The number of hydrogen-bond donors (Lipinski definition) is 0. The van der Waals surface area contributed by atoms with E-state index in [0.717, 1.165) is 5.92 Å². The van der Waals surface area contributed by atoms with Crippen molar-refractivity contribution >= 4 is 0 Å². The van der Waals surface area contributed by atoms with Gasteiger partial charge in [-0.1, -0.05) is 20.8 Å². The second-order valence-corrected chi connectivity index (χ2v) is 6.79. The molecule has 0 aromatic carbocycles. The fraction of sp³-hybridized carbons (Fsp3) is 1.00. The Balaban J connectivity index is 2.35. The fourth-order valence-corrected chi connectivity index (χ4v) is 3.88. The predicted octanol–water partition coefficient (Wildman–Crippen LogP) is 2.52. The van der Waals surface area contributed by atoms with Gasteiger partial charge in [0.2, 0.25) is 0 Å². The molecule has 1 heteroatoms. The quantitative estimate of drug-likeness (QED) is 0.505. The summed E-state index contributed by atoms with van der Waals surface area (Å²) in [5.74, 6) is 0.959. The molecule has 0 radical (unpaired) electrons. The van der Waals surface area contributed by atoms with Crippen LogP contribution in [0.2, 0.25) is 0 Å². The van der Waals surface area contributed by atoms with Gasteiger partial charge >= 0.3 is 0 Å². The molecule has 2 bridgehead atoms. The molecule has 2 aliphatic rings. The SMILES string of the molecule is CC1(C)[C@H]2CC[C@]1(C)C[N+](C)(C)C2. The molecule has 0 amide bonds. The van der Waals surface area contributed by atoms with Crippen molar-refractivity contribution in [3.05, 3.63) is 0 Å². The molecule has 13 heavy (non-hydrogen) atoms. The highest BCUT2D eigenvalue weighted by atomic mass is 15.3. The van der Waals surface area contributed by atoms with Crippen molar-refractivity contribution in [3.8, 4) is 0 Å². The van der Waals surface area contributed by atoms with Crippen LogP contribution >= 0.6 is 0 Å². The van der Waals surface area contributed by atoms with Crippen molar-refractivity contribution < 1.29 is 4.48 Å². The van der Waals surface area contributed by atoms with Crippen LogP contribution in [0.4, 0.5) is 0 Å². The summed E-state index contributed by atoms with van der Waals surface area (Å²) in [5, 5.41) is 0. The first-order valence-corrected chi connectivity index (χ1v) is 5.59. The molecule has 1 aliphatic carbocycles. The maximum atomic E-state index is 2.51. The van der Waals surface area contributed by atoms with E-state index in [2.05, 4.69) is 34.9 Å². The number of likely N-dealkylation sites (tertiary alicyclic amines) is 1. The number of hydrogen-bond acceptors (Lipinski definition) is 0. The second-order valence-electron chi connectivity index (χ2n) is 6.79. The second kappa shape index (κ2) is 2.31. The average Bonchev–Trinajstić information content (AvgIpc) is 2.14. The molecule has 1 heterocycles. The molecule has 0 spiro atoms. The predicted molar refractivity (Wildman–Crippen MR) is 56.5 cm³/mol. The molecular formula is C12H24N+. The van der Waals surface area contributed by atoms with Crippen LogP contribution in [0.25, 0.3) is 0 Å². The van der Waals surface area contributed by atoms with Gasteiger partial charge in [0.05, 0.1) is 27.2 Å². The third kappa shape index (κ3) is 1.16. The summed E-state index contributed by atoms with van der Waals surface area (Å²) < 4.78 is 1.24. The Morgan fingerprint density at radius 2 is 1.77 bits per heavy atom. The van der Waals surface area contributed by atoms with Crippen LogP contribution in [0.3, 0.4) is 0 Å². The third-order valence-corrected chi connectivity index (χ3v) is 5.11. The molecule has 1 aliphatic heterocycles. The van der Waals surface area contributed by atoms with Crippen molar-refractivity contribution in [1.29, 1.82) is 0 Å². The average molecular weight is 182 g/mol. The topological polar surface area (TPSA) is 0 Å². The van der Waals surface area contributed by atoms with Gasteiger partial charge in [-0.3, -0.25) is 0 Å². The van der Waals surface area contributed by atoms with Gasteiger partial charge in [-0.25, -0.2) is 0 Å². The molecule has 0 N–H and O–H groups in total. The van der Waals surface area contributed by atoms with Crippen molar-refractivity contribution in [2.45, 2.75) is 33.6 Å². The minimum Gasteiger partial charge on any atom is -0.328 e. The van der Waals surface area contributed by atoms with Crippen LogP contribution in [0.15, 0.2) is 0 Å². The molecule has 1 saturated carbocycles. The minimum absolute atomic E-state index is 0.584. The third-order valence-electron chi connectivity index (χ3n) is 5.11. The zero-order chi connectivity index (χ0) is 9.91. The Bertz CT molecular complexity index is 229. The van der Waals surface area contributed by atoms with Crippen LogP contribution in [-0.4, -0.2) is 31.7 Å². The fourth-order valence-electron chi connectivity index (χ4n) is 3.88. The van der Waals surface area contributed by atoms with E-state index in [-0.39, 0.29) is 0 Å².